The van der Waals surface area contributed by atoms with Gasteiger partial charge in [0.2, 0.25) is 0 Å². The van der Waals surface area contributed by atoms with Crippen molar-refractivity contribution in [3.63, 3.8) is 0 Å². The molecule has 0 aliphatic carbocycles. The normalized spacial score (nSPS) is 0. The molecule has 0 saturated carbocycles. The van der Waals surface area contributed by atoms with Gasteiger partial charge in [-0.05, 0) is 0 Å². The molecule has 0 aliphatic heterocycles. The van der Waals surface area contributed by atoms with Crippen molar-refractivity contribution in [2.24, 2.45) is 0 Å². The fourth-order valence-electron chi connectivity index (χ4n) is 0. The molecule has 0 spiro atoms. The molecule has 0 heterocycles. The molecule has 4 heteroatoms. The number of hydrogen-bond acceptors (Lipinski definition) is 0. The Balaban J connectivity index is 0. The summed E-state index contributed by atoms with van der Waals surface area (Å²) < 4.78 is 0. The number of hydrogen-bond donors (Lipinski definition) is 0. The first-order valence-corrected chi connectivity index (χ1v) is 0. The largest absolute Gasteiger partial charge is 2.00 e. The van der Waals surface area contributed by atoms with Crippen molar-refractivity contribution in [1.82, 2.24) is 0 Å². The Hall–Kier alpha value is 3.04. The summed E-state index contributed by atoms with van der Waals surface area (Å²) in [5, 5.41) is 0. The zero-order chi connectivity index (χ0) is 0. The van der Waals surface area contributed by atoms with Crippen LogP contribution in [0.2, 0.25) is 0 Å². The van der Waals surface area contributed by atoms with Gasteiger partial charge in [0.05, 0.1) is 0 Å². The molecule has 0 aromatic heterocycles. The van der Waals surface area contributed by atoms with Crippen LogP contribution in [0.3, 0.4) is 0 Å². The first kappa shape index (κ1) is 27.8. The molecule has 0 amide bonds. The van der Waals surface area contributed by atoms with Crippen LogP contribution in [0, 0.1) is 0 Å². The van der Waals surface area contributed by atoms with E-state index >= 15 is 0 Å². The van der Waals surface area contributed by atoms with Gasteiger partial charge in [0.25, 0.3) is 0 Å². The van der Waals surface area contributed by atoms with Gasteiger partial charge >= 0.3 is 71.7 Å². The van der Waals surface area contributed by atoms with Gasteiger partial charge in [0.1, 0.15) is 0 Å². The van der Waals surface area contributed by atoms with Crippen LogP contribution < -0.4 is 0 Å². The molecule has 0 saturated heterocycles. The van der Waals surface area contributed by atoms with Crippen LogP contribution in [0.4, 0.5) is 0 Å². The van der Waals surface area contributed by atoms with Gasteiger partial charge < -0.3 is 8.33 Å². The van der Waals surface area contributed by atoms with Crippen LogP contribution >= 0.6 is 0 Å². The van der Waals surface area contributed by atoms with E-state index in [2.05, 4.69) is 0 Å². The van der Waals surface area contributed by atoms with Gasteiger partial charge in [-0.15, -0.1) is 0 Å². The predicted molar refractivity (Wildman–Crippen MR) is 21.5 cm³/mol. The minimum Gasteiger partial charge on any atom is -1.00 e. The molecule has 0 atom stereocenters. The van der Waals surface area contributed by atoms with Gasteiger partial charge in [-0.1, -0.05) is 0 Å². The van der Waals surface area contributed by atoms with E-state index in [0.29, 0.717) is 0 Å². The van der Waals surface area contributed by atoms with Crippen LogP contribution in [0.15, 0.2) is 0 Å². The van der Waals surface area contributed by atoms with Crippen molar-refractivity contribution < 1.29 is 30.0 Å². The monoisotopic (exact) mass is 368 g/mol. The molecule has 0 aromatic rings. The van der Waals surface area contributed by atoms with E-state index in [4.69, 9.17) is 0 Å². The molecule has 0 bridgehead atoms. The minimum absolute atomic E-state index is 0. The molecule has 0 fully saturated rings. The van der Waals surface area contributed by atoms with E-state index in [1.807, 2.05) is 0 Å². The van der Waals surface area contributed by atoms with Crippen molar-refractivity contribution >= 4 is 71.7 Å². The fraction of sp³-hybridized carbons (Fsp3) is 0. The summed E-state index contributed by atoms with van der Waals surface area (Å²) >= 11 is 0. The third-order valence-corrected chi connectivity index (χ3v) is 0. The SMILES string of the molecule is O.[BiH3].[H-].[H-].[Sr+2].[Ti]. The number of rotatable bonds is 0. The van der Waals surface area contributed by atoms with E-state index in [9.17, 15) is 0 Å². The first-order valence-electron chi connectivity index (χ1n) is 0. The molecule has 0 unspecified atom stereocenters. The van der Waals surface area contributed by atoms with Crippen LogP contribution in [0.25, 0.3) is 0 Å². The zero-order valence-corrected chi connectivity index (χ0v) is 12.9. The Morgan fingerprint density at radius 1 is 1.25 bits per heavy atom. The maximum Gasteiger partial charge on any atom is 2.00 e. The Morgan fingerprint density at radius 3 is 1.25 bits per heavy atom. The minimum atomic E-state index is 0. The molecule has 2 N–H and O–H groups in total. The second-order valence-electron chi connectivity index (χ2n) is 0. The summed E-state index contributed by atoms with van der Waals surface area (Å²) in [6.45, 7) is 0. The summed E-state index contributed by atoms with van der Waals surface area (Å²) in [4.78, 5) is 0. The van der Waals surface area contributed by atoms with E-state index in [-0.39, 0.29) is 102 Å². The Bertz CT molecular complexity index is 13.5. The molecular weight excluding hydrogens is 360 g/mol. The van der Waals surface area contributed by atoms with Crippen molar-refractivity contribution in [3.8, 4) is 0 Å². The second kappa shape index (κ2) is 16.6. The summed E-state index contributed by atoms with van der Waals surface area (Å²) in [6, 6.07) is 0. The molecule has 0 rings (SSSR count). The van der Waals surface area contributed by atoms with Gasteiger partial charge in [0.15, 0.2) is 0 Å². The molecule has 0 radical (unpaired) electrons. The maximum atomic E-state index is 0. The average Bonchev–Trinajstić information content (AvgIpc) is 0. The van der Waals surface area contributed by atoms with E-state index < -0.39 is 0 Å². The molecule has 4 heavy (non-hydrogen) atoms. The molecule has 1 nitrogen and oxygen atoms in total. The van der Waals surface area contributed by atoms with Gasteiger partial charge in [0, 0.05) is 21.7 Å². The quantitative estimate of drug-likeness (QED) is 0.437. The van der Waals surface area contributed by atoms with Crippen molar-refractivity contribution in [2.45, 2.75) is 0 Å². The Kier molecular flexibility index (Phi) is 115. The summed E-state index contributed by atoms with van der Waals surface area (Å²) in [5.74, 6) is 0. The summed E-state index contributed by atoms with van der Waals surface area (Å²) in [5.41, 5.74) is 0. The van der Waals surface area contributed by atoms with Gasteiger partial charge in [-0.2, -0.15) is 0 Å². The standard InChI is InChI=1S/Bi.H2O.Sr.Ti.5H/h;1H2;;;;;;;/q;;+2;;;;;2*-1. The molecule has 0 aromatic carbocycles. The van der Waals surface area contributed by atoms with Crippen LogP contribution in [-0.2, 0) is 21.7 Å². The van der Waals surface area contributed by atoms with Crippen molar-refractivity contribution in [1.29, 1.82) is 0 Å². The topological polar surface area (TPSA) is 31.5 Å². The van der Waals surface area contributed by atoms with Crippen LogP contribution in [-0.4, -0.2) is 77.2 Å². The zero-order valence-electron chi connectivity index (χ0n) is 4.41. The Morgan fingerprint density at radius 2 is 1.25 bits per heavy atom. The van der Waals surface area contributed by atoms with Crippen molar-refractivity contribution in [3.05, 3.63) is 0 Å². The first-order chi connectivity index (χ1) is 0. The van der Waals surface area contributed by atoms with Crippen LogP contribution in [0.5, 0.6) is 0 Å². The van der Waals surface area contributed by atoms with Gasteiger partial charge in [-0.3, -0.25) is 0 Å². The third-order valence-electron chi connectivity index (χ3n) is 0. The van der Waals surface area contributed by atoms with E-state index in [1.165, 1.54) is 0 Å². The molecular formula is H7BiOSrTi. The summed E-state index contributed by atoms with van der Waals surface area (Å²) in [7, 11) is 0. The molecule has 0 aliphatic rings. The van der Waals surface area contributed by atoms with Crippen LogP contribution in [0.1, 0.15) is 2.85 Å². The van der Waals surface area contributed by atoms with E-state index in [1.54, 1.807) is 0 Å². The predicted octanol–water partition coefficient (Wildman–Crippen LogP) is -2.17. The fourth-order valence-corrected chi connectivity index (χ4v) is 0. The Labute approximate surface area is 99.5 Å². The summed E-state index contributed by atoms with van der Waals surface area (Å²) in [6.07, 6.45) is 0. The van der Waals surface area contributed by atoms with Gasteiger partial charge in [-0.25, -0.2) is 0 Å². The van der Waals surface area contributed by atoms with Crippen molar-refractivity contribution in [2.75, 3.05) is 0 Å². The third kappa shape index (κ3) is 8.90. The molecule has 24 valence electrons. The average molecular weight is 368 g/mol. The van der Waals surface area contributed by atoms with E-state index in [0.717, 1.165) is 0 Å². The second-order valence-corrected chi connectivity index (χ2v) is 0. The maximum absolute atomic E-state index is 0. The smallest absolute Gasteiger partial charge is 1.00 e.